The molecule has 1 N–H and O–H groups in total. The molecule has 5 heteroatoms. The molecule has 0 unspecified atom stereocenters. The van der Waals surface area contributed by atoms with E-state index in [1.165, 1.54) is 40.7 Å². The first kappa shape index (κ1) is 15.6. The third-order valence-electron chi connectivity index (χ3n) is 4.32. The molecule has 1 aromatic rings. The molecular weight excluding hydrogens is 298 g/mol. The highest BCUT2D eigenvalue weighted by Gasteiger charge is 2.31. The van der Waals surface area contributed by atoms with Crippen LogP contribution in [-0.2, 0) is 6.54 Å². The van der Waals surface area contributed by atoms with E-state index in [2.05, 4.69) is 42.7 Å². The Morgan fingerprint density at radius 1 is 1.33 bits per heavy atom. The zero-order valence-corrected chi connectivity index (χ0v) is 15.1. The highest BCUT2D eigenvalue weighted by Crippen LogP contribution is 2.44. The summed E-state index contributed by atoms with van der Waals surface area (Å²) >= 11 is 4.03. The highest BCUT2D eigenvalue weighted by molar-refractivity contribution is 8.00. The van der Waals surface area contributed by atoms with E-state index in [1.54, 1.807) is 0 Å². The van der Waals surface area contributed by atoms with Gasteiger partial charge < -0.3 is 10.2 Å². The van der Waals surface area contributed by atoms with E-state index in [9.17, 15) is 0 Å². The summed E-state index contributed by atoms with van der Waals surface area (Å²) in [7, 11) is 0. The topological polar surface area (TPSA) is 28.2 Å². The maximum Gasteiger partial charge on any atom is 0.185 e. The first-order valence-electron chi connectivity index (χ1n) is 8.18. The molecule has 1 aliphatic heterocycles. The van der Waals surface area contributed by atoms with Gasteiger partial charge in [0.1, 0.15) is 0 Å². The number of rotatable bonds is 5. The number of hydrogen-bond donors (Lipinski definition) is 1. The van der Waals surface area contributed by atoms with Gasteiger partial charge in [0, 0.05) is 40.9 Å². The summed E-state index contributed by atoms with van der Waals surface area (Å²) in [5, 5.41) is 4.74. The summed E-state index contributed by atoms with van der Waals surface area (Å²) in [5.41, 5.74) is 1.40. The van der Waals surface area contributed by atoms with Crippen LogP contribution in [0.15, 0.2) is 0 Å². The molecule has 118 valence electrons. The normalized spacial score (nSPS) is 22.3. The van der Waals surface area contributed by atoms with E-state index in [0.29, 0.717) is 4.75 Å². The maximum absolute atomic E-state index is 5.03. The van der Waals surface area contributed by atoms with Crippen LogP contribution in [0.5, 0.6) is 0 Å². The standard InChI is InChI=1S/C16H27N3S2/c1-4-17-11-13-14(12-5-6-12)18-15(21-13)19-8-7-16(2,3)20-10-9-19/h12,17H,4-11H2,1-3H3. The molecule has 2 fully saturated rings. The molecule has 0 radical (unpaired) electrons. The molecule has 0 atom stereocenters. The van der Waals surface area contributed by atoms with Crippen LogP contribution < -0.4 is 10.2 Å². The predicted molar refractivity (Wildman–Crippen MR) is 94.8 cm³/mol. The summed E-state index contributed by atoms with van der Waals surface area (Å²) in [4.78, 5) is 9.03. The Labute approximate surface area is 136 Å². The Morgan fingerprint density at radius 3 is 2.86 bits per heavy atom. The quantitative estimate of drug-likeness (QED) is 0.890. The molecule has 3 nitrogen and oxygen atoms in total. The van der Waals surface area contributed by atoms with Gasteiger partial charge in [0.25, 0.3) is 0 Å². The minimum Gasteiger partial charge on any atom is -0.347 e. The zero-order valence-electron chi connectivity index (χ0n) is 13.4. The van der Waals surface area contributed by atoms with Gasteiger partial charge in [-0.15, -0.1) is 11.3 Å². The minimum atomic E-state index is 0.415. The molecule has 1 aromatic heterocycles. The van der Waals surface area contributed by atoms with Gasteiger partial charge in [-0.05, 0) is 25.8 Å². The van der Waals surface area contributed by atoms with Crippen molar-refractivity contribution in [2.75, 3.05) is 30.3 Å². The van der Waals surface area contributed by atoms with Crippen LogP contribution in [0.2, 0.25) is 0 Å². The summed E-state index contributed by atoms with van der Waals surface area (Å²) in [5.74, 6) is 1.97. The third kappa shape index (κ3) is 3.93. The van der Waals surface area contributed by atoms with E-state index in [0.717, 1.165) is 32.1 Å². The number of anilines is 1. The lowest BCUT2D eigenvalue weighted by molar-refractivity contribution is 0.637. The van der Waals surface area contributed by atoms with Crippen molar-refractivity contribution in [3.05, 3.63) is 10.6 Å². The van der Waals surface area contributed by atoms with E-state index >= 15 is 0 Å². The van der Waals surface area contributed by atoms with Crippen molar-refractivity contribution in [2.24, 2.45) is 0 Å². The summed E-state index contributed by atoms with van der Waals surface area (Å²) in [6.07, 6.45) is 3.93. The largest absolute Gasteiger partial charge is 0.347 e. The van der Waals surface area contributed by atoms with Crippen LogP contribution in [0.1, 0.15) is 56.5 Å². The van der Waals surface area contributed by atoms with Crippen LogP contribution in [0.4, 0.5) is 5.13 Å². The molecule has 21 heavy (non-hydrogen) atoms. The van der Waals surface area contributed by atoms with Crippen molar-refractivity contribution in [1.82, 2.24) is 10.3 Å². The number of nitrogens with zero attached hydrogens (tertiary/aromatic N) is 2. The first-order chi connectivity index (χ1) is 10.1. The molecule has 1 saturated heterocycles. The monoisotopic (exact) mass is 325 g/mol. The van der Waals surface area contributed by atoms with Crippen LogP contribution in [0.25, 0.3) is 0 Å². The van der Waals surface area contributed by atoms with Gasteiger partial charge in [-0.25, -0.2) is 4.98 Å². The number of thioether (sulfide) groups is 1. The second-order valence-corrected chi connectivity index (χ2v) is 9.57. The van der Waals surface area contributed by atoms with Gasteiger partial charge in [0.05, 0.1) is 5.69 Å². The predicted octanol–water partition coefficient (Wildman–Crippen LogP) is 3.85. The second-order valence-electron chi connectivity index (χ2n) is 6.70. The van der Waals surface area contributed by atoms with Crippen molar-refractivity contribution in [3.63, 3.8) is 0 Å². The van der Waals surface area contributed by atoms with Crippen molar-refractivity contribution in [1.29, 1.82) is 0 Å². The lowest BCUT2D eigenvalue weighted by Crippen LogP contribution is -2.26. The number of aromatic nitrogens is 1. The van der Waals surface area contributed by atoms with Crippen molar-refractivity contribution >= 4 is 28.2 Å². The lowest BCUT2D eigenvalue weighted by atomic mass is 10.1. The number of nitrogens with one attached hydrogen (secondary N) is 1. The molecule has 0 aromatic carbocycles. The maximum atomic E-state index is 5.03. The summed E-state index contributed by atoms with van der Waals surface area (Å²) < 4.78 is 0.415. The Morgan fingerprint density at radius 2 is 2.14 bits per heavy atom. The van der Waals surface area contributed by atoms with Crippen molar-refractivity contribution in [3.8, 4) is 0 Å². The number of thiazole rings is 1. The van der Waals surface area contributed by atoms with Gasteiger partial charge in [-0.2, -0.15) is 11.8 Å². The SMILES string of the molecule is CCNCc1sc(N2CCSC(C)(C)CC2)nc1C1CC1. The molecule has 0 amide bonds. The van der Waals surface area contributed by atoms with E-state index in [4.69, 9.17) is 4.98 Å². The molecule has 2 aliphatic rings. The van der Waals surface area contributed by atoms with Gasteiger partial charge in [-0.3, -0.25) is 0 Å². The molecule has 1 saturated carbocycles. The van der Waals surface area contributed by atoms with Gasteiger partial charge in [-0.1, -0.05) is 20.8 Å². The summed E-state index contributed by atoms with van der Waals surface area (Å²) in [6.45, 7) is 11.2. The van der Waals surface area contributed by atoms with Crippen LogP contribution >= 0.6 is 23.1 Å². The van der Waals surface area contributed by atoms with Gasteiger partial charge in [0.2, 0.25) is 0 Å². The fourth-order valence-corrected chi connectivity index (χ4v) is 5.01. The Kier molecular flexibility index (Phi) is 4.81. The summed E-state index contributed by atoms with van der Waals surface area (Å²) in [6, 6.07) is 0. The zero-order chi connectivity index (χ0) is 14.9. The Balaban J connectivity index is 1.75. The van der Waals surface area contributed by atoms with Crippen LogP contribution in [-0.4, -0.2) is 35.1 Å². The van der Waals surface area contributed by atoms with E-state index < -0.39 is 0 Å². The minimum absolute atomic E-state index is 0.415. The molecule has 1 aliphatic carbocycles. The fourth-order valence-electron chi connectivity index (χ4n) is 2.74. The smallest absolute Gasteiger partial charge is 0.185 e. The van der Waals surface area contributed by atoms with E-state index in [1.807, 2.05) is 11.3 Å². The lowest BCUT2D eigenvalue weighted by Gasteiger charge is -2.22. The van der Waals surface area contributed by atoms with Crippen LogP contribution in [0, 0.1) is 0 Å². The molecular formula is C16H27N3S2. The second kappa shape index (κ2) is 6.47. The van der Waals surface area contributed by atoms with Crippen molar-refractivity contribution in [2.45, 2.75) is 57.2 Å². The van der Waals surface area contributed by atoms with Crippen molar-refractivity contribution < 1.29 is 0 Å². The molecule has 3 rings (SSSR count). The third-order valence-corrected chi connectivity index (χ3v) is 6.83. The Hall–Kier alpha value is -0.260. The molecule has 2 heterocycles. The van der Waals surface area contributed by atoms with Gasteiger partial charge >= 0.3 is 0 Å². The first-order valence-corrected chi connectivity index (χ1v) is 9.98. The molecule has 0 bridgehead atoms. The average molecular weight is 326 g/mol. The average Bonchev–Trinajstić information content (AvgIpc) is 3.23. The molecule has 0 spiro atoms. The van der Waals surface area contributed by atoms with Crippen LogP contribution in [0.3, 0.4) is 0 Å². The Bertz CT molecular complexity index is 480. The number of hydrogen-bond acceptors (Lipinski definition) is 5. The highest BCUT2D eigenvalue weighted by atomic mass is 32.2. The van der Waals surface area contributed by atoms with Gasteiger partial charge in [0.15, 0.2) is 5.13 Å². The fraction of sp³-hybridized carbons (Fsp3) is 0.812. The van der Waals surface area contributed by atoms with E-state index in [-0.39, 0.29) is 0 Å².